The Balaban J connectivity index is 2.66. The first-order valence-corrected chi connectivity index (χ1v) is 6.84. The molecule has 1 aromatic carbocycles. The van der Waals surface area contributed by atoms with Crippen LogP contribution in [0, 0.1) is 29.6 Å². The van der Waals surface area contributed by atoms with Crippen LogP contribution in [0.25, 0.3) is 0 Å². The van der Waals surface area contributed by atoms with Gasteiger partial charge in [-0.25, -0.2) is 0 Å². The van der Waals surface area contributed by atoms with Crippen molar-refractivity contribution in [2.75, 3.05) is 13.1 Å². The monoisotopic (exact) mass is 285 g/mol. The fraction of sp³-hybridized carbons (Fsp3) is 0.438. The highest BCUT2D eigenvalue weighted by Crippen LogP contribution is 2.14. The van der Waals surface area contributed by atoms with E-state index in [0.29, 0.717) is 18.8 Å². The predicted octanol–water partition coefficient (Wildman–Crippen LogP) is 2.42. The maximum atomic E-state index is 12.3. The van der Waals surface area contributed by atoms with Crippen molar-refractivity contribution in [1.29, 1.82) is 10.5 Å². The lowest BCUT2D eigenvalue weighted by Crippen LogP contribution is -2.41. The summed E-state index contributed by atoms with van der Waals surface area (Å²) < 4.78 is 5.62. The summed E-state index contributed by atoms with van der Waals surface area (Å²) in [4.78, 5) is 13.8. The minimum Gasteiger partial charge on any atom is -0.481 e. The molecule has 1 rings (SSSR count). The summed E-state index contributed by atoms with van der Waals surface area (Å²) in [7, 11) is 0. The molecular formula is C16H19N3O2. The average molecular weight is 285 g/mol. The maximum Gasteiger partial charge on any atom is 0.263 e. The van der Waals surface area contributed by atoms with Crippen LogP contribution in [0.3, 0.4) is 0 Å². The van der Waals surface area contributed by atoms with E-state index in [-0.39, 0.29) is 18.7 Å². The van der Waals surface area contributed by atoms with Gasteiger partial charge in [-0.2, -0.15) is 10.5 Å². The first-order valence-electron chi connectivity index (χ1n) is 6.84. The summed E-state index contributed by atoms with van der Waals surface area (Å²) in [5, 5.41) is 17.3. The minimum absolute atomic E-state index is 0.207. The second-order valence-electron chi connectivity index (χ2n) is 4.71. The van der Waals surface area contributed by atoms with Crippen molar-refractivity contribution in [3.8, 4) is 17.9 Å². The van der Waals surface area contributed by atoms with Gasteiger partial charge in [-0.15, -0.1) is 0 Å². The normalized spacial score (nSPS) is 11.0. The van der Waals surface area contributed by atoms with Crippen molar-refractivity contribution in [3.63, 3.8) is 0 Å². The highest BCUT2D eigenvalue weighted by Gasteiger charge is 2.21. The number of hydrogen-bond donors (Lipinski definition) is 0. The van der Waals surface area contributed by atoms with Gasteiger partial charge in [0, 0.05) is 13.1 Å². The SMILES string of the molecule is Cc1ccc(OC(C)C(=O)N(CCC#N)CCC#N)cc1. The van der Waals surface area contributed by atoms with E-state index in [2.05, 4.69) is 0 Å². The van der Waals surface area contributed by atoms with E-state index < -0.39 is 6.10 Å². The third kappa shape index (κ3) is 5.54. The molecule has 5 heteroatoms. The molecule has 0 saturated heterocycles. The zero-order valence-electron chi connectivity index (χ0n) is 12.4. The lowest BCUT2D eigenvalue weighted by Gasteiger charge is -2.24. The van der Waals surface area contributed by atoms with Crippen LogP contribution in [0.5, 0.6) is 5.75 Å². The maximum absolute atomic E-state index is 12.3. The largest absolute Gasteiger partial charge is 0.481 e. The van der Waals surface area contributed by atoms with E-state index in [1.165, 1.54) is 4.90 Å². The van der Waals surface area contributed by atoms with Gasteiger partial charge in [0.2, 0.25) is 0 Å². The zero-order chi connectivity index (χ0) is 15.7. The standard InChI is InChI=1S/C16H19N3O2/c1-13-5-7-15(8-6-13)21-14(2)16(20)19(11-3-9-17)12-4-10-18/h5-8,14H,3-4,11-12H2,1-2H3. The first-order chi connectivity index (χ1) is 10.1. The molecule has 0 aliphatic heterocycles. The van der Waals surface area contributed by atoms with Crippen LogP contribution in [0.4, 0.5) is 0 Å². The molecule has 0 aromatic heterocycles. The third-order valence-corrected chi connectivity index (χ3v) is 2.98. The molecule has 21 heavy (non-hydrogen) atoms. The van der Waals surface area contributed by atoms with Crippen molar-refractivity contribution >= 4 is 5.91 Å². The predicted molar refractivity (Wildman–Crippen MR) is 78.3 cm³/mol. The molecule has 0 spiro atoms. The lowest BCUT2D eigenvalue weighted by atomic mass is 10.2. The van der Waals surface area contributed by atoms with E-state index in [0.717, 1.165) is 5.56 Å². The number of nitrogens with zero attached hydrogens (tertiary/aromatic N) is 3. The van der Waals surface area contributed by atoms with Gasteiger partial charge >= 0.3 is 0 Å². The van der Waals surface area contributed by atoms with Gasteiger partial charge in [0.15, 0.2) is 6.10 Å². The molecule has 0 saturated carbocycles. The van der Waals surface area contributed by atoms with Gasteiger partial charge < -0.3 is 9.64 Å². The molecule has 5 nitrogen and oxygen atoms in total. The molecule has 0 radical (unpaired) electrons. The lowest BCUT2D eigenvalue weighted by molar-refractivity contribution is -0.137. The number of amides is 1. The average Bonchev–Trinajstić information content (AvgIpc) is 2.49. The molecule has 1 aromatic rings. The summed E-state index contributed by atoms with van der Waals surface area (Å²) in [5.74, 6) is 0.419. The summed E-state index contributed by atoms with van der Waals surface area (Å²) in [5.41, 5.74) is 1.12. The van der Waals surface area contributed by atoms with E-state index in [1.54, 1.807) is 6.92 Å². The van der Waals surface area contributed by atoms with Gasteiger partial charge in [0.1, 0.15) is 5.75 Å². The molecule has 1 unspecified atom stereocenters. The Morgan fingerprint density at radius 3 is 2.19 bits per heavy atom. The number of nitriles is 2. The highest BCUT2D eigenvalue weighted by molar-refractivity contribution is 5.81. The van der Waals surface area contributed by atoms with Gasteiger partial charge in [-0.05, 0) is 26.0 Å². The second-order valence-corrected chi connectivity index (χ2v) is 4.71. The molecule has 0 N–H and O–H groups in total. The van der Waals surface area contributed by atoms with Crippen LogP contribution >= 0.6 is 0 Å². The molecule has 1 amide bonds. The van der Waals surface area contributed by atoms with Gasteiger partial charge in [-0.1, -0.05) is 17.7 Å². The topological polar surface area (TPSA) is 77.1 Å². The number of ether oxygens (including phenoxy) is 1. The van der Waals surface area contributed by atoms with Crippen LogP contribution in [0.15, 0.2) is 24.3 Å². The molecule has 110 valence electrons. The van der Waals surface area contributed by atoms with Crippen LogP contribution in [0.1, 0.15) is 25.3 Å². The van der Waals surface area contributed by atoms with E-state index in [9.17, 15) is 4.79 Å². The molecule has 0 fully saturated rings. The van der Waals surface area contributed by atoms with Crippen LogP contribution in [0.2, 0.25) is 0 Å². The quantitative estimate of drug-likeness (QED) is 0.770. The van der Waals surface area contributed by atoms with Crippen LogP contribution < -0.4 is 4.74 Å². The van der Waals surface area contributed by atoms with Crippen molar-refractivity contribution in [1.82, 2.24) is 4.90 Å². The number of aryl methyl sites for hydroxylation is 1. The van der Waals surface area contributed by atoms with Crippen molar-refractivity contribution in [3.05, 3.63) is 29.8 Å². The fourth-order valence-corrected chi connectivity index (χ4v) is 1.83. The molecular weight excluding hydrogens is 266 g/mol. The van der Waals surface area contributed by atoms with Crippen LogP contribution in [-0.2, 0) is 4.79 Å². The zero-order valence-corrected chi connectivity index (χ0v) is 12.4. The Hall–Kier alpha value is -2.53. The molecule has 0 aliphatic rings. The third-order valence-electron chi connectivity index (χ3n) is 2.98. The molecule has 0 heterocycles. The summed E-state index contributed by atoms with van der Waals surface area (Å²) in [6, 6.07) is 11.5. The number of carbonyl (C=O) groups is 1. The summed E-state index contributed by atoms with van der Waals surface area (Å²) in [6.45, 7) is 4.29. The Morgan fingerprint density at radius 1 is 1.19 bits per heavy atom. The van der Waals surface area contributed by atoms with Gasteiger partial charge in [0.25, 0.3) is 5.91 Å². The second kappa shape index (κ2) is 8.60. The van der Waals surface area contributed by atoms with E-state index in [4.69, 9.17) is 15.3 Å². The molecule has 1 atom stereocenters. The number of rotatable bonds is 7. The van der Waals surface area contributed by atoms with E-state index >= 15 is 0 Å². The molecule has 0 aliphatic carbocycles. The Labute approximate surface area is 125 Å². The number of hydrogen-bond acceptors (Lipinski definition) is 4. The van der Waals surface area contributed by atoms with E-state index in [1.807, 2.05) is 43.3 Å². The van der Waals surface area contributed by atoms with Crippen LogP contribution in [-0.4, -0.2) is 30.0 Å². The number of benzene rings is 1. The first kappa shape index (κ1) is 16.5. The fourth-order valence-electron chi connectivity index (χ4n) is 1.83. The van der Waals surface area contributed by atoms with Gasteiger partial charge in [-0.3, -0.25) is 4.79 Å². The minimum atomic E-state index is -0.648. The molecule has 0 bridgehead atoms. The van der Waals surface area contributed by atoms with Crippen molar-refractivity contribution in [2.24, 2.45) is 0 Å². The van der Waals surface area contributed by atoms with Gasteiger partial charge in [0.05, 0.1) is 25.0 Å². The van der Waals surface area contributed by atoms with Crippen molar-refractivity contribution < 1.29 is 9.53 Å². The Bertz CT molecular complexity index is 522. The smallest absolute Gasteiger partial charge is 0.263 e. The summed E-state index contributed by atoms with van der Waals surface area (Å²) in [6.07, 6.45) is -0.159. The highest BCUT2D eigenvalue weighted by atomic mass is 16.5. The van der Waals surface area contributed by atoms with Crippen molar-refractivity contribution in [2.45, 2.75) is 32.8 Å². The Kier molecular flexibility index (Phi) is 6.77. The summed E-state index contributed by atoms with van der Waals surface area (Å²) >= 11 is 0. The number of carbonyl (C=O) groups excluding carboxylic acids is 1. The Morgan fingerprint density at radius 2 is 1.71 bits per heavy atom.